The molecule has 0 amide bonds. The summed E-state index contributed by atoms with van der Waals surface area (Å²) in [6, 6.07) is 2.56. The molecule has 0 bridgehead atoms. The molecule has 0 unspecified atom stereocenters. The van der Waals surface area contributed by atoms with Crippen LogP contribution in [0.3, 0.4) is 0 Å². The first-order chi connectivity index (χ1) is 8.54. The number of hydrogen-bond donors (Lipinski definition) is 1. The second-order valence-electron chi connectivity index (χ2n) is 3.67. The van der Waals surface area contributed by atoms with Gasteiger partial charge in [0.05, 0.1) is 23.1 Å². The fraction of sp³-hybridized carbons (Fsp3) is 0.417. The molecule has 2 N–H and O–H groups in total. The largest absolute Gasteiger partial charge is 0.465 e. The summed E-state index contributed by atoms with van der Waals surface area (Å²) in [5.74, 6) is -0.739. The molecule has 100 valence electrons. The van der Waals surface area contributed by atoms with Gasteiger partial charge in [-0.25, -0.2) is 4.39 Å². The molecule has 1 rings (SSSR count). The summed E-state index contributed by atoms with van der Waals surface area (Å²) in [5, 5.41) is 0.244. The minimum absolute atomic E-state index is 0.0150. The monoisotopic (exact) mass is 291 g/mol. The quantitative estimate of drug-likeness (QED) is 0.377. The van der Waals surface area contributed by atoms with Crippen molar-refractivity contribution >= 4 is 35.0 Å². The standard InChI is InChI=1S/C12H15ClFNO2S/c1-2-3-4-17-12(16)7-18-11-6-10(15)9(14)5-8(11)13/h5-6H,2-4,7,15H2,1H3. The van der Waals surface area contributed by atoms with Gasteiger partial charge in [0, 0.05) is 4.90 Å². The second kappa shape index (κ2) is 7.48. The van der Waals surface area contributed by atoms with Gasteiger partial charge in [0.2, 0.25) is 0 Å². The molecular formula is C12H15ClFNO2S. The van der Waals surface area contributed by atoms with Gasteiger partial charge in [-0.05, 0) is 18.6 Å². The summed E-state index contributed by atoms with van der Waals surface area (Å²) in [7, 11) is 0. The van der Waals surface area contributed by atoms with Crippen LogP contribution in [-0.2, 0) is 9.53 Å². The highest BCUT2D eigenvalue weighted by atomic mass is 35.5. The number of benzene rings is 1. The number of nitrogens with two attached hydrogens (primary N) is 1. The van der Waals surface area contributed by atoms with Crippen LogP contribution < -0.4 is 5.73 Å². The van der Waals surface area contributed by atoms with E-state index in [-0.39, 0.29) is 22.4 Å². The molecule has 0 aliphatic rings. The fourth-order valence-electron chi connectivity index (χ4n) is 1.16. The Morgan fingerprint density at radius 1 is 1.56 bits per heavy atom. The van der Waals surface area contributed by atoms with Crippen molar-refractivity contribution in [3.63, 3.8) is 0 Å². The van der Waals surface area contributed by atoms with Crippen molar-refractivity contribution in [1.82, 2.24) is 0 Å². The van der Waals surface area contributed by atoms with Gasteiger partial charge in [-0.15, -0.1) is 11.8 Å². The van der Waals surface area contributed by atoms with Crippen molar-refractivity contribution in [1.29, 1.82) is 0 Å². The van der Waals surface area contributed by atoms with E-state index in [1.54, 1.807) is 0 Å². The molecule has 0 aliphatic carbocycles. The lowest BCUT2D eigenvalue weighted by molar-refractivity contribution is -0.140. The van der Waals surface area contributed by atoms with Crippen molar-refractivity contribution in [3.05, 3.63) is 23.0 Å². The molecular weight excluding hydrogens is 277 g/mol. The minimum atomic E-state index is -0.560. The van der Waals surface area contributed by atoms with E-state index in [2.05, 4.69) is 0 Å². The van der Waals surface area contributed by atoms with Gasteiger partial charge in [0.1, 0.15) is 5.82 Å². The molecule has 0 aliphatic heterocycles. The van der Waals surface area contributed by atoms with Crippen LogP contribution in [0.25, 0.3) is 0 Å². The Hall–Kier alpha value is -0.940. The van der Waals surface area contributed by atoms with Gasteiger partial charge in [0.15, 0.2) is 0 Å². The molecule has 0 heterocycles. The van der Waals surface area contributed by atoms with Gasteiger partial charge >= 0.3 is 5.97 Å². The third-order valence-corrected chi connectivity index (χ3v) is 3.61. The molecule has 0 saturated heterocycles. The summed E-state index contributed by atoms with van der Waals surface area (Å²) in [6.07, 6.45) is 1.82. The van der Waals surface area contributed by atoms with Gasteiger partial charge in [-0.3, -0.25) is 4.79 Å². The summed E-state index contributed by atoms with van der Waals surface area (Å²) in [5.41, 5.74) is 5.45. The van der Waals surface area contributed by atoms with Gasteiger partial charge < -0.3 is 10.5 Å². The van der Waals surface area contributed by atoms with Crippen LogP contribution in [0, 0.1) is 5.82 Å². The fourth-order valence-corrected chi connectivity index (χ4v) is 2.24. The maximum absolute atomic E-state index is 13.1. The Morgan fingerprint density at radius 3 is 2.94 bits per heavy atom. The molecule has 18 heavy (non-hydrogen) atoms. The van der Waals surface area contributed by atoms with Crippen LogP contribution in [0.2, 0.25) is 5.02 Å². The number of unbranched alkanes of at least 4 members (excludes halogenated alkanes) is 1. The molecule has 1 aromatic carbocycles. The zero-order valence-corrected chi connectivity index (χ0v) is 11.6. The Labute approximate surface area is 115 Å². The maximum Gasteiger partial charge on any atom is 0.316 e. The average Bonchev–Trinajstić information content (AvgIpc) is 2.32. The highest BCUT2D eigenvalue weighted by molar-refractivity contribution is 8.00. The lowest BCUT2D eigenvalue weighted by atomic mass is 10.3. The summed E-state index contributed by atoms with van der Waals surface area (Å²) in [4.78, 5) is 11.9. The van der Waals surface area contributed by atoms with Gasteiger partial charge in [-0.1, -0.05) is 24.9 Å². The van der Waals surface area contributed by atoms with E-state index in [1.807, 2.05) is 6.92 Å². The molecule has 0 aromatic heterocycles. The van der Waals surface area contributed by atoms with Crippen LogP contribution in [0.5, 0.6) is 0 Å². The number of ether oxygens (including phenoxy) is 1. The van der Waals surface area contributed by atoms with Crippen LogP contribution in [0.15, 0.2) is 17.0 Å². The van der Waals surface area contributed by atoms with Crippen LogP contribution in [0.1, 0.15) is 19.8 Å². The first-order valence-corrected chi connectivity index (χ1v) is 6.94. The number of nitrogen functional groups attached to an aromatic ring is 1. The molecule has 0 radical (unpaired) electrons. The molecule has 6 heteroatoms. The Balaban J connectivity index is 2.48. The molecule has 1 aromatic rings. The predicted octanol–water partition coefficient (Wildman–Crippen LogP) is 3.50. The topological polar surface area (TPSA) is 52.3 Å². The van der Waals surface area contributed by atoms with E-state index in [4.69, 9.17) is 22.1 Å². The number of thioether (sulfide) groups is 1. The SMILES string of the molecule is CCCCOC(=O)CSc1cc(N)c(F)cc1Cl. The van der Waals surface area contributed by atoms with E-state index < -0.39 is 5.82 Å². The highest BCUT2D eigenvalue weighted by Crippen LogP contribution is 2.30. The number of hydrogen-bond acceptors (Lipinski definition) is 4. The molecule has 0 atom stereocenters. The molecule has 0 fully saturated rings. The third-order valence-electron chi connectivity index (χ3n) is 2.16. The molecule has 0 saturated carbocycles. The van der Waals surface area contributed by atoms with E-state index >= 15 is 0 Å². The van der Waals surface area contributed by atoms with E-state index in [0.29, 0.717) is 11.5 Å². The smallest absolute Gasteiger partial charge is 0.316 e. The summed E-state index contributed by atoms with van der Waals surface area (Å²) < 4.78 is 18.0. The van der Waals surface area contributed by atoms with Crippen LogP contribution in [0.4, 0.5) is 10.1 Å². The predicted molar refractivity (Wildman–Crippen MR) is 72.4 cm³/mol. The zero-order valence-electron chi connectivity index (χ0n) is 10.0. The van der Waals surface area contributed by atoms with Crippen molar-refractivity contribution in [2.24, 2.45) is 0 Å². The molecule has 3 nitrogen and oxygen atoms in total. The highest BCUT2D eigenvalue weighted by Gasteiger charge is 2.10. The van der Waals surface area contributed by atoms with E-state index in [0.717, 1.165) is 18.9 Å². The Bertz CT molecular complexity index is 429. The molecule has 0 spiro atoms. The number of halogens is 2. The average molecular weight is 292 g/mol. The number of carbonyl (C=O) groups is 1. The number of esters is 1. The Kier molecular flexibility index (Phi) is 6.29. The third kappa shape index (κ3) is 4.74. The number of anilines is 1. The lowest BCUT2D eigenvalue weighted by Crippen LogP contribution is -2.08. The van der Waals surface area contributed by atoms with Crippen LogP contribution in [-0.4, -0.2) is 18.3 Å². The maximum atomic E-state index is 13.1. The van der Waals surface area contributed by atoms with Crippen molar-refractivity contribution in [2.45, 2.75) is 24.7 Å². The summed E-state index contributed by atoms with van der Waals surface area (Å²) >= 11 is 7.03. The number of carbonyl (C=O) groups excluding carboxylic acids is 1. The first kappa shape index (κ1) is 15.1. The van der Waals surface area contributed by atoms with Crippen molar-refractivity contribution in [2.75, 3.05) is 18.1 Å². The first-order valence-electron chi connectivity index (χ1n) is 5.57. The van der Waals surface area contributed by atoms with Gasteiger partial charge in [0.25, 0.3) is 0 Å². The summed E-state index contributed by atoms with van der Waals surface area (Å²) in [6.45, 7) is 2.44. The van der Waals surface area contributed by atoms with Crippen molar-refractivity contribution in [3.8, 4) is 0 Å². The van der Waals surface area contributed by atoms with Crippen molar-refractivity contribution < 1.29 is 13.9 Å². The lowest BCUT2D eigenvalue weighted by Gasteiger charge is -2.06. The van der Waals surface area contributed by atoms with Gasteiger partial charge in [-0.2, -0.15) is 0 Å². The van der Waals surface area contributed by atoms with E-state index in [9.17, 15) is 9.18 Å². The number of rotatable bonds is 6. The normalized spacial score (nSPS) is 10.4. The van der Waals surface area contributed by atoms with Crippen LogP contribution >= 0.6 is 23.4 Å². The minimum Gasteiger partial charge on any atom is -0.465 e. The van der Waals surface area contributed by atoms with E-state index in [1.165, 1.54) is 17.8 Å². The zero-order chi connectivity index (χ0) is 13.5. The second-order valence-corrected chi connectivity index (χ2v) is 5.09. The Morgan fingerprint density at radius 2 is 2.28 bits per heavy atom.